The van der Waals surface area contributed by atoms with Crippen LogP contribution in [0.5, 0.6) is 0 Å². The zero-order valence-corrected chi connectivity index (χ0v) is 6.45. The Balaban J connectivity index is 3.83. The molecule has 0 saturated heterocycles. The fraction of sp³-hybridized carbons (Fsp3) is 0.833. The summed E-state index contributed by atoms with van der Waals surface area (Å²) >= 11 is 0. The van der Waals surface area contributed by atoms with Crippen LogP contribution in [-0.4, -0.2) is 27.9 Å². The van der Waals surface area contributed by atoms with Crippen molar-refractivity contribution in [3.63, 3.8) is 0 Å². The number of nitrogens with two attached hydrogens (primary N) is 2. The second-order valence-corrected chi connectivity index (χ2v) is 2.73. The molecule has 0 radical (unpaired) electrons. The Hall–Kier alpha value is -0.650. The average Bonchev–Trinajstić information content (AvgIpc) is 1.84. The first-order valence-electron chi connectivity index (χ1n) is 3.35. The molecule has 5 nitrogen and oxygen atoms in total. The van der Waals surface area contributed by atoms with Crippen molar-refractivity contribution in [1.29, 1.82) is 0 Å². The van der Waals surface area contributed by atoms with Crippen LogP contribution in [0.25, 0.3) is 0 Å². The van der Waals surface area contributed by atoms with E-state index < -0.39 is 17.7 Å². The van der Waals surface area contributed by atoms with Crippen LogP contribution in [0.4, 0.5) is 0 Å². The molecule has 66 valence electrons. The number of carboxylic acid groups (broad SMARTS) is 1. The van der Waals surface area contributed by atoms with Crippen LogP contribution >= 0.6 is 0 Å². The topological polar surface area (TPSA) is 110 Å². The van der Waals surface area contributed by atoms with E-state index in [9.17, 15) is 4.79 Å². The minimum atomic E-state index is -1.71. The summed E-state index contributed by atoms with van der Waals surface area (Å²) in [6.45, 7) is 1.55. The van der Waals surface area contributed by atoms with Gasteiger partial charge in [0, 0.05) is 0 Å². The Bertz CT molecular complexity index is 145. The molecule has 0 aromatic rings. The zero-order valence-electron chi connectivity index (χ0n) is 6.45. The van der Waals surface area contributed by atoms with Crippen molar-refractivity contribution in [3.8, 4) is 0 Å². The van der Waals surface area contributed by atoms with Gasteiger partial charge in [-0.2, -0.15) is 0 Å². The molecule has 0 heterocycles. The van der Waals surface area contributed by atoms with Crippen molar-refractivity contribution in [1.82, 2.24) is 0 Å². The highest BCUT2D eigenvalue weighted by Gasteiger charge is 2.28. The summed E-state index contributed by atoms with van der Waals surface area (Å²) in [5.74, 6) is -1.25. The largest absolute Gasteiger partial charge is 0.479 e. The number of carboxylic acids is 1. The van der Waals surface area contributed by atoms with Crippen LogP contribution in [0.3, 0.4) is 0 Å². The Kier molecular flexibility index (Phi) is 3.44. The lowest BCUT2D eigenvalue weighted by Gasteiger charge is -2.19. The van der Waals surface area contributed by atoms with Crippen molar-refractivity contribution >= 4 is 5.97 Å². The lowest BCUT2D eigenvalue weighted by molar-refractivity contribution is -0.143. The molecule has 1 unspecified atom stereocenters. The number of carbonyl (C=O) groups is 1. The van der Waals surface area contributed by atoms with Gasteiger partial charge in [0.25, 0.3) is 0 Å². The first-order chi connectivity index (χ1) is 4.86. The maximum absolute atomic E-state index is 10.3. The van der Waals surface area contributed by atoms with E-state index in [0.29, 0.717) is 6.42 Å². The monoisotopic (exact) mass is 162 g/mol. The summed E-state index contributed by atoms with van der Waals surface area (Å²) in [5.41, 5.74) is 8.64. The van der Waals surface area contributed by atoms with Crippen LogP contribution in [0.1, 0.15) is 19.8 Å². The molecule has 1 atom stereocenters. The maximum Gasteiger partial charge on any atom is 0.338 e. The highest BCUT2D eigenvalue weighted by Crippen LogP contribution is 2.05. The Morgan fingerprint density at radius 1 is 1.64 bits per heavy atom. The molecule has 0 aromatic carbocycles. The molecule has 0 aromatic heterocycles. The van der Waals surface area contributed by atoms with E-state index in [1.54, 1.807) is 6.92 Å². The number of hydrogen-bond acceptors (Lipinski definition) is 4. The molecular formula is C6H14N2O3. The van der Waals surface area contributed by atoms with Crippen LogP contribution in [0.2, 0.25) is 0 Å². The first-order valence-corrected chi connectivity index (χ1v) is 3.35. The van der Waals surface area contributed by atoms with Crippen LogP contribution in [0, 0.1) is 0 Å². The lowest BCUT2D eigenvalue weighted by Crippen LogP contribution is -2.56. The van der Waals surface area contributed by atoms with Crippen LogP contribution in [-0.2, 0) is 4.79 Å². The van der Waals surface area contributed by atoms with Crippen LogP contribution < -0.4 is 11.5 Å². The molecule has 0 rings (SSSR count). The highest BCUT2D eigenvalue weighted by molar-refractivity contribution is 5.77. The molecule has 11 heavy (non-hydrogen) atoms. The van der Waals surface area contributed by atoms with E-state index in [1.165, 1.54) is 0 Å². The summed E-state index contributed by atoms with van der Waals surface area (Å²) in [7, 11) is 0. The van der Waals surface area contributed by atoms with E-state index in [-0.39, 0.29) is 6.42 Å². The highest BCUT2D eigenvalue weighted by atomic mass is 16.4. The van der Waals surface area contributed by atoms with E-state index in [0.717, 1.165) is 0 Å². The van der Waals surface area contributed by atoms with Gasteiger partial charge in [-0.3, -0.25) is 0 Å². The van der Waals surface area contributed by atoms with Crippen molar-refractivity contribution in [2.24, 2.45) is 11.5 Å². The van der Waals surface area contributed by atoms with Gasteiger partial charge < -0.3 is 21.7 Å². The first kappa shape index (κ1) is 10.3. The number of aliphatic hydroxyl groups excluding tert-OH is 1. The molecule has 0 bridgehead atoms. The minimum absolute atomic E-state index is 0.0694. The molecule has 0 amide bonds. The molecule has 0 saturated carbocycles. The second kappa shape index (κ2) is 3.66. The Labute approximate surface area is 65.0 Å². The normalized spacial score (nSPS) is 14.5. The van der Waals surface area contributed by atoms with Gasteiger partial charge in [0.1, 0.15) is 0 Å². The molecule has 5 heteroatoms. The number of aliphatic carboxylic acids is 1. The van der Waals surface area contributed by atoms with E-state index >= 15 is 0 Å². The van der Waals surface area contributed by atoms with E-state index in [2.05, 4.69) is 0 Å². The predicted molar refractivity (Wildman–Crippen MR) is 39.7 cm³/mol. The summed E-state index contributed by atoms with van der Waals surface area (Å²) in [4.78, 5) is 10.3. The fourth-order valence-corrected chi connectivity index (χ4v) is 0.555. The average molecular weight is 162 g/mol. The Morgan fingerprint density at radius 3 is 2.36 bits per heavy atom. The standard InChI is InChI=1S/C6H14N2O3/c1-4(9)2-3-6(7,8)5(10)11/h4,9H,2-3,7-8H2,1H3,(H,10,11). The third-order valence-corrected chi connectivity index (χ3v) is 1.37. The Morgan fingerprint density at radius 2 is 2.09 bits per heavy atom. The van der Waals surface area contributed by atoms with Crippen molar-refractivity contribution in [2.75, 3.05) is 0 Å². The lowest BCUT2D eigenvalue weighted by atomic mass is 10.0. The molecule has 0 fully saturated rings. The SMILES string of the molecule is CC(O)CCC(N)(N)C(=O)O. The molecule has 6 N–H and O–H groups in total. The quantitative estimate of drug-likeness (QED) is 0.390. The van der Waals surface area contributed by atoms with Crippen molar-refractivity contribution in [3.05, 3.63) is 0 Å². The van der Waals surface area contributed by atoms with Crippen molar-refractivity contribution in [2.45, 2.75) is 31.5 Å². The van der Waals surface area contributed by atoms with Gasteiger partial charge in [-0.1, -0.05) is 0 Å². The van der Waals surface area contributed by atoms with Gasteiger partial charge >= 0.3 is 5.97 Å². The molecule has 0 aliphatic heterocycles. The second-order valence-electron chi connectivity index (χ2n) is 2.73. The molecule has 0 aliphatic carbocycles. The van der Waals surface area contributed by atoms with Gasteiger partial charge in [-0.25, -0.2) is 4.79 Å². The van der Waals surface area contributed by atoms with Crippen LogP contribution in [0.15, 0.2) is 0 Å². The predicted octanol–water partition coefficient (Wildman–Crippen LogP) is -1.15. The summed E-state index contributed by atoms with van der Waals surface area (Å²) in [6.07, 6.45) is -0.208. The zero-order chi connectivity index (χ0) is 9.07. The summed E-state index contributed by atoms with van der Waals surface area (Å²) in [6, 6.07) is 0. The van der Waals surface area contributed by atoms with Gasteiger partial charge in [0.2, 0.25) is 0 Å². The maximum atomic E-state index is 10.3. The number of rotatable bonds is 4. The fourth-order valence-electron chi connectivity index (χ4n) is 0.555. The third-order valence-electron chi connectivity index (χ3n) is 1.37. The molecule has 0 aliphatic rings. The third kappa shape index (κ3) is 3.92. The van der Waals surface area contributed by atoms with E-state index in [4.69, 9.17) is 21.7 Å². The van der Waals surface area contributed by atoms with Gasteiger partial charge in [0.15, 0.2) is 5.66 Å². The number of hydrogen-bond donors (Lipinski definition) is 4. The van der Waals surface area contributed by atoms with Gasteiger partial charge in [0.05, 0.1) is 6.10 Å². The molecular weight excluding hydrogens is 148 g/mol. The smallest absolute Gasteiger partial charge is 0.338 e. The van der Waals surface area contributed by atoms with Gasteiger partial charge in [-0.05, 0) is 19.8 Å². The number of aliphatic hydroxyl groups is 1. The van der Waals surface area contributed by atoms with Gasteiger partial charge in [-0.15, -0.1) is 0 Å². The summed E-state index contributed by atoms with van der Waals surface area (Å²) < 4.78 is 0. The summed E-state index contributed by atoms with van der Waals surface area (Å²) in [5, 5.41) is 17.2. The van der Waals surface area contributed by atoms with Crippen molar-refractivity contribution < 1.29 is 15.0 Å². The minimum Gasteiger partial charge on any atom is -0.479 e. The molecule has 0 spiro atoms. The van der Waals surface area contributed by atoms with E-state index in [1.807, 2.05) is 0 Å².